The number of guanidine groups is 1. The van der Waals surface area contributed by atoms with Crippen LogP contribution in [-0.4, -0.2) is 54.8 Å². The number of amides is 4. The molecule has 282 valence electrons. The molecular weight excluding hydrogens is 679 g/mol. The Hall–Kier alpha value is -6.23. The minimum Gasteiger partial charge on any atom is -0.370 e. The van der Waals surface area contributed by atoms with Crippen molar-refractivity contribution in [2.24, 2.45) is 22.4 Å². The molecule has 0 aliphatic rings. The monoisotopic (exact) mass is 729 g/mol. The summed E-state index contributed by atoms with van der Waals surface area (Å²) in [7, 11) is 0. The highest BCUT2D eigenvalue weighted by Gasteiger charge is 2.28. The summed E-state index contributed by atoms with van der Waals surface area (Å²) in [6, 6.07) is 34.8. The standard InChI is InChI=1S/C43H51N7O4/c1-30(2)27-37(48-39(51)29-33-20-22-35(23-21-33)34-17-10-5-11-18-34)42(54)49-36(19-12-25-47-43(44)45)41(53)50-38(28-32-15-8-4-9-16-32)40(52)46-26-24-31-13-6-3-7-14-31/h3-11,13-18,20-23,27,30,36,38H,12,19,24-26,28-29H2,1-2H3,(H,46,52)(H,48,51)(H,49,54)(H,50,53)(H4,44,45,47)/b37-27+/t36-,38+/m1/s1. The summed E-state index contributed by atoms with van der Waals surface area (Å²) in [5.41, 5.74) is 15.8. The molecule has 0 spiro atoms. The van der Waals surface area contributed by atoms with Gasteiger partial charge in [0.2, 0.25) is 17.7 Å². The largest absolute Gasteiger partial charge is 0.370 e. The lowest BCUT2D eigenvalue weighted by atomic mass is 10.0. The molecule has 0 aliphatic carbocycles. The number of hydrogen-bond donors (Lipinski definition) is 6. The van der Waals surface area contributed by atoms with E-state index in [2.05, 4.69) is 26.3 Å². The molecule has 0 aromatic heterocycles. The van der Waals surface area contributed by atoms with Crippen molar-refractivity contribution in [2.45, 2.75) is 58.0 Å². The van der Waals surface area contributed by atoms with E-state index in [9.17, 15) is 19.2 Å². The highest BCUT2D eigenvalue weighted by Crippen LogP contribution is 2.19. The van der Waals surface area contributed by atoms with Gasteiger partial charge in [-0.2, -0.15) is 0 Å². The Morgan fingerprint density at radius 1 is 0.685 bits per heavy atom. The Kier molecular flexibility index (Phi) is 16.0. The van der Waals surface area contributed by atoms with E-state index in [1.54, 1.807) is 6.08 Å². The number of hydrogen-bond acceptors (Lipinski definition) is 5. The van der Waals surface area contributed by atoms with Crippen molar-refractivity contribution >= 4 is 29.6 Å². The average molecular weight is 730 g/mol. The number of nitrogens with zero attached hydrogens (tertiary/aromatic N) is 1. The lowest BCUT2D eigenvalue weighted by molar-refractivity contribution is -0.131. The Morgan fingerprint density at radius 2 is 1.28 bits per heavy atom. The van der Waals surface area contributed by atoms with Gasteiger partial charge in [-0.1, -0.05) is 135 Å². The predicted molar refractivity (Wildman–Crippen MR) is 214 cm³/mol. The van der Waals surface area contributed by atoms with Crippen molar-refractivity contribution in [1.82, 2.24) is 21.3 Å². The van der Waals surface area contributed by atoms with E-state index >= 15 is 0 Å². The highest BCUT2D eigenvalue weighted by molar-refractivity contribution is 6.00. The summed E-state index contributed by atoms with van der Waals surface area (Å²) in [5.74, 6) is -2.10. The molecule has 11 heteroatoms. The van der Waals surface area contributed by atoms with Crippen LogP contribution in [0.2, 0.25) is 0 Å². The average Bonchev–Trinajstić information content (AvgIpc) is 3.16. The van der Waals surface area contributed by atoms with Gasteiger partial charge in [0.25, 0.3) is 5.91 Å². The molecule has 0 unspecified atom stereocenters. The second kappa shape index (κ2) is 21.3. The Morgan fingerprint density at radius 3 is 1.89 bits per heavy atom. The highest BCUT2D eigenvalue weighted by atomic mass is 16.2. The van der Waals surface area contributed by atoms with Crippen LogP contribution in [0.3, 0.4) is 0 Å². The zero-order valence-corrected chi connectivity index (χ0v) is 31.0. The first-order valence-electron chi connectivity index (χ1n) is 18.3. The summed E-state index contributed by atoms with van der Waals surface area (Å²) in [6.07, 6.45) is 3.06. The molecule has 0 fully saturated rings. The van der Waals surface area contributed by atoms with Crippen LogP contribution in [0.15, 0.2) is 132 Å². The van der Waals surface area contributed by atoms with Gasteiger partial charge in [-0.25, -0.2) is 0 Å². The molecule has 4 aromatic carbocycles. The molecule has 0 aliphatic heterocycles. The SMILES string of the molecule is CC(C)/C=C(/NC(=O)Cc1ccc(-c2ccccc2)cc1)C(=O)N[C@H](CCCN=C(N)N)C(=O)N[C@@H](Cc1ccccc1)C(=O)NCCc1ccccc1. The molecule has 11 nitrogen and oxygen atoms in total. The van der Waals surface area contributed by atoms with E-state index in [0.29, 0.717) is 19.4 Å². The van der Waals surface area contributed by atoms with Gasteiger partial charge in [-0.3, -0.25) is 24.2 Å². The molecule has 2 atom stereocenters. The third-order valence-electron chi connectivity index (χ3n) is 8.48. The lowest BCUT2D eigenvalue weighted by Crippen LogP contribution is -2.55. The Balaban J connectivity index is 1.47. The van der Waals surface area contributed by atoms with Gasteiger partial charge in [0.05, 0.1) is 6.42 Å². The first-order valence-corrected chi connectivity index (χ1v) is 18.3. The van der Waals surface area contributed by atoms with Crippen LogP contribution in [0.4, 0.5) is 0 Å². The minimum absolute atomic E-state index is 0.0254. The first kappa shape index (κ1) is 40.5. The van der Waals surface area contributed by atoms with Gasteiger partial charge in [-0.05, 0) is 53.0 Å². The summed E-state index contributed by atoms with van der Waals surface area (Å²) >= 11 is 0. The van der Waals surface area contributed by atoms with Gasteiger partial charge in [0.1, 0.15) is 17.8 Å². The van der Waals surface area contributed by atoms with Crippen LogP contribution in [0.1, 0.15) is 43.4 Å². The van der Waals surface area contributed by atoms with Gasteiger partial charge in [0, 0.05) is 19.5 Å². The van der Waals surface area contributed by atoms with E-state index in [1.807, 2.05) is 129 Å². The number of rotatable bonds is 19. The van der Waals surface area contributed by atoms with Gasteiger partial charge in [0.15, 0.2) is 5.96 Å². The third kappa shape index (κ3) is 14.1. The molecule has 4 rings (SSSR count). The fourth-order valence-corrected chi connectivity index (χ4v) is 5.77. The maximum Gasteiger partial charge on any atom is 0.268 e. The van der Waals surface area contributed by atoms with Crippen molar-refractivity contribution in [3.05, 3.63) is 144 Å². The van der Waals surface area contributed by atoms with Crippen LogP contribution in [0.5, 0.6) is 0 Å². The number of benzene rings is 4. The van der Waals surface area contributed by atoms with Crippen LogP contribution in [0, 0.1) is 5.92 Å². The molecule has 0 saturated carbocycles. The number of carbonyl (C=O) groups excluding carboxylic acids is 4. The van der Waals surface area contributed by atoms with E-state index in [1.165, 1.54) is 0 Å². The Bertz CT molecular complexity index is 1860. The van der Waals surface area contributed by atoms with Gasteiger partial charge in [-0.15, -0.1) is 0 Å². The first-order chi connectivity index (χ1) is 26.1. The zero-order valence-electron chi connectivity index (χ0n) is 31.0. The fraction of sp³-hybridized carbons (Fsp3) is 0.279. The number of nitrogens with two attached hydrogens (primary N) is 2. The third-order valence-corrected chi connectivity index (χ3v) is 8.48. The second-order valence-electron chi connectivity index (χ2n) is 13.4. The molecule has 0 radical (unpaired) electrons. The minimum atomic E-state index is -1.07. The predicted octanol–water partition coefficient (Wildman–Crippen LogP) is 4.18. The molecule has 0 heterocycles. The number of aliphatic imine (C=N–C) groups is 1. The quantitative estimate of drug-likeness (QED) is 0.0365. The molecule has 0 saturated heterocycles. The van der Waals surface area contributed by atoms with Gasteiger partial charge >= 0.3 is 0 Å². The summed E-state index contributed by atoms with van der Waals surface area (Å²) in [6.45, 7) is 4.37. The van der Waals surface area contributed by atoms with E-state index in [4.69, 9.17) is 11.5 Å². The maximum absolute atomic E-state index is 13.9. The molecular formula is C43H51N7O4. The fourth-order valence-electron chi connectivity index (χ4n) is 5.77. The molecule has 4 aromatic rings. The van der Waals surface area contributed by atoms with E-state index in [0.717, 1.165) is 27.8 Å². The summed E-state index contributed by atoms with van der Waals surface area (Å²) in [5, 5.41) is 11.4. The number of allylic oxidation sites excluding steroid dienone is 1. The van der Waals surface area contributed by atoms with Crippen molar-refractivity contribution in [3.8, 4) is 11.1 Å². The van der Waals surface area contributed by atoms with Crippen molar-refractivity contribution in [1.29, 1.82) is 0 Å². The normalized spacial score (nSPS) is 12.2. The number of nitrogens with one attached hydrogen (secondary N) is 4. The van der Waals surface area contributed by atoms with Crippen molar-refractivity contribution in [3.63, 3.8) is 0 Å². The van der Waals surface area contributed by atoms with Gasteiger partial charge < -0.3 is 32.7 Å². The van der Waals surface area contributed by atoms with Crippen molar-refractivity contribution in [2.75, 3.05) is 13.1 Å². The lowest BCUT2D eigenvalue weighted by Gasteiger charge is -2.24. The van der Waals surface area contributed by atoms with Crippen LogP contribution in [0.25, 0.3) is 11.1 Å². The topological polar surface area (TPSA) is 181 Å². The molecule has 54 heavy (non-hydrogen) atoms. The molecule has 8 N–H and O–H groups in total. The van der Waals surface area contributed by atoms with E-state index < -0.39 is 23.9 Å². The zero-order chi connectivity index (χ0) is 38.7. The second-order valence-corrected chi connectivity index (χ2v) is 13.4. The number of carbonyl (C=O) groups is 4. The van der Waals surface area contributed by atoms with Crippen molar-refractivity contribution < 1.29 is 19.2 Å². The Labute approximate surface area is 317 Å². The summed E-state index contributed by atoms with van der Waals surface area (Å²) < 4.78 is 0. The van der Waals surface area contributed by atoms with E-state index in [-0.39, 0.29) is 55.2 Å². The van der Waals surface area contributed by atoms with Crippen LogP contribution >= 0.6 is 0 Å². The van der Waals surface area contributed by atoms with Crippen LogP contribution in [-0.2, 0) is 38.4 Å². The smallest absolute Gasteiger partial charge is 0.268 e. The molecule has 0 bridgehead atoms. The van der Waals surface area contributed by atoms with Crippen LogP contribution < -0.4 is 32.7 Å². The molecule has 4 amide bonds. The summed E-state index contributed by atoms with van der Waals surface area (Å²) in [4.78, 5) is 58.5. The maximum atomic E-state index is 13.9.